The monoisotopic (exact) mass is 233 g/mol. The molecule has 1 rings (SSSR count). The highest BCUT2D eigenvalue weighted by molar-refractivity contribution is 6.00. The average Bonchev–Trinajstić information content (AvgIpc) is 2.34. The van der Waals surface area contributed by atoms with E-state index in [1.807, 2.05) is 13.0 Å². The number of nitrogens with zero attached hydrogens (tertiary/aromatic N) is 1. The molecule has 0 N–H and O–H groups in total. The zero-order valence-corrected chi connectivity index (χ0v) is 10.2. The van der Waals surface area contributed by atoms with Crippen LogP contribution in [0.5, 0.6) is 11.5 Å². The fourth-order valence-corrected chi connectivity index (χ4v) is 1.65. The predicted octanol–water partition coefficient (Wildman–Crippen LogP) is 2.50. The zero-order chi connectivity index (χ0) is 12.8. The predicted molar refractivity (Wildman–Crippen MR) is 63.5 cm³/mol. The Labute approximate surface area is 101 Å². The maximum absolute atomic E-state index is 11.9. The van der Waals surface area contributed by atoms with Crippen molar-refractivity contribution in [2.75, 3.05) is 14.2 Å². The van der Waals surface area contributed by atoms with E-state index in [1.54, 1.807) is 19.2 Å². The van der Waals surface area contributed by atoms with Crippen molar-refractivity contribution in [3.05, 3.63) is 23.3 Å². The summed E-state index contributed by atoms with van der Waals surface area (Å²) in [6.07, 6.45) is 0.424. The molecule has 0 radical (unpaired) electrons. The molecule has 0 heterocycles. The molecule has 0 bridgehead atoms. The van der Waals surface area contributed by atoms with E-state index < -0.39 is 0 Å². The summed E-state index contributed by atoms with van der Waals surface area (Å²) in [7, 11) is 3.07. The number of Topliss-reactive ketones (excluding diaryl/α,β-unsaturated/α-hetero) is 1. The Kier molecular flexibility index (Phi) is 4.53. The van der Waals surface area contributed by atoms with E-state index in [2.05, 4.69) is 0 Å². The SMILES string of the molecule is COc1cc(C)c(C(=O)CCC#N)c(OC)c1. The molecule has 0 saturated carbocycles. The summed E-state index contributed by atoms with van der Waals surface area (Å²) >= 11 is 0. The molecule has 0 atom stereocenters. The van der Waals surface area contributed by atoms with Gasteiger partial charge in [0.05, 0.1) is 25.9 Å². The molecule has 0 unspecified atom stereocenters. The summed E-state index contributed by atoms with van der Waals surface area (Å²) in [4.78, 5) is 11.9. The van der Waals surface area contributed by atoms with Crippen molar-refractivity contribution in [3.63, 3.8) is 0 Å². The highest BCUT2D eigenvalue weighted by Gasteiger charge is 2.16. The van der Waals surface area contributed by atoms with Gasteiger partial charge in [-0.15, -0.1) is 0 Å². The van der Waals surface area contributed by atoms with Gasteiger partial charge in [0, 0.05) is 18.9 Å². The van der Waals surface area contributed by atoms with Crippen LogP contribution in [0.3, 0.4) is 0 Å². The summed E-state index contributed by atoms with van der Waals surface area (Å²) in [5, 5.41) is 8.49. The smallest absolute Gasteiger partial charge is 0.167 e. The number of carbonyl (C=O) groups is 1. The van der Waals surface area contributed by atoms with Crippen LogP contribution >= 0.6 is 0 Å². The Morgan fingerprint density at radius 3 is 2.59 bits per heavy atom. The molecular weight excluding hydrogens is 218 g/mol. The molecular formula is C13H15NO3. The van der Waals surface area contributed by atoms with E-state index in [9.17, 15) is 4.79 Å². The first kappa shape index (κ1) is 13.0. The van der Waals surface area contributed by atoms with E-state index in [0.717, 1.165) is 5.56 Å². The second-order valence-corrected chi connectivity index (χ2v) is 3.60. The first-order valence-corrected chi connectivity index (χ1v) is 5.26. The minimum atomic E-state index is -0.0800. The Balaban J connectivity index is 3.14. The van der Waals surface area contributed by atoms with Crippen LogP contribution in [0.4, 0.5) is 0 Å². The zero-order valence-electron chi connectivity index (χ0n) is 10.2. The van der Waals surface area contributed by atoms with Crippen LogP contribution in [0, 0.1) is 18.3 Å². The maximum Gasteiger partial charge on any atom is 0.167 e. The highest BCUT2D eigenvalue weighted by Crippen LogP contribution is 2.29. The summed E-state index contributed by atoms with van der Waals surface area (Å²) < 4.78 is 10.3. The second kappa shape index (κ2) is 5.90. The third-order valence-corrected chi connectivity index (χ3v) is 2.47. The lowest BCUT2D eigenvalue weighted by molar-refractivity contribution is 0.0980. The molecule has 1 aromatic carbocycles. The van der Waals surface area contributed by atoms with Gasteiger partial charge in [0.25, 0.3) is 0 Å². The molecule has 4 nitrogen and oxygen atoms in total. The van der Waals surface area contributed by atoms with Crippen molar-refractivity contribution in [2.24, 2.45) is 0 Å². The molecule has 0 fully saturated rings. The number of benzene rings is 1. The van der Waals surface area contributed by atoms with Crippen LogP contribution in [0.2, 0.25) is 0 Å². The van der Waals surface area contributed by atoms with Crippen molar-refractivity contribution >= 4 is 5.78 Å². The van der Waals surface area contributed by atoms with Gasteiger partial charge >= 0.3 is 0 Å². The van der Waals surface area contributed by atoms with Crippen molar-refractivity contribution in [1.82, 2.24) is 0 Å². The normalized spacial score (nSPS) is 9.53. The average molecular weight is 233 g/mol. The minimum absolute atomic E-state index is 0.0800. The van der Waals surface area contributed by atoms with Gasteiger partial charge in [-0.1, -0.05) is 0 Å². The fourth-order valence-electron chi connectivity index (χ4n) is 1.65. The third-order valence-electron chi connectivity index (χ3n) is 2.47. The summed E-state index contributed by atoms with van der Waals surface area (Å²) in [6, 6.07) is 5.41. The first-order valence-electron chi connectivity index (χ1n) is 5.26. The maximum atomic E-state index is 11.9. The van der Waals surface area contributed by atoms with Crippen LogP contribution in [-0.4, -0.2) is 20.0 Å². The molecule has 0 aliphatic rings. The number of rotatable bonds is 5. The van der Waals surface area contributed by atoms with Gasteiger partial charge in [0.15, 0.2) is 5.78 Å². The van der Waals surface area contributed by atoms with E-state index in [0.29, 0.717) is 17.1 Å². The number of methoxy groups -OCH3 is 2. The molecule has 1 aromatic rings. The van der Waals surface area contributed by atoms with Crippen molar-refractivity contribution in [1.29, 1.82) is 5.26 Å². The minimum Gasteiger partial charge on any atom is -0.497 e. The lowest BCUT2D eigenvalue weighted by atomic mass is 10.00. The van der Waals surface area contributed by atoms with Gasteiger partial charge in [0.2, 0.25) is 0 Å². The van der Waals surface area contributed by atoms with E-state index in [-0.39, 0.29) is 18.6 Å². The number of aryl methyl sites for hydroxylation is 1. The largest absolute Gasteiger partial charge is 0.497 e. The van der Waals surface area contributed by atoms with Crippen molar-refractivity contribution < 1.29 is 14.3 Å². The number of hydrogen-bond acceptors (Lipinski definition) is 4. The van der Waals surface area contributed by atoms with Crippen LogP contribution in [-0.2, 0) is 0 Å². The molecule has 0 spiro atoms. The van der Waals surface area contributed by atoms with Gasteiger partial charge in [-0.25, -0.2) is 0 Å². The quantitative estimate of drug-likeness (QED) is 0.733. The fraction of sp³-hybridized carbons (Fsp3) is 0.385. The second-order valence-electron chi connectivity index (χ2n) is 3.60. The molecule has 0 saturated heterocycles. The molecule has 4 heteroatoms. The molecule has 0 aliphatic heterocycles. The molecule has 17 heavy (non-hydrogen) atoms. The number of ketones is 1. The number of nitriles is 1. The molecule has 0 amide bonds. The molecule has 0 aliphatic carbocycles. The molecule has 0 aromatic heterocycles. The van der Waals surface area contributed by atoms with Crippen LogP contribution in [0.25, 0.3) is 0 Å². The van der Waals surface area contributed by atoms with E-state index >= 15 is 0 Å². The third kappa shape index (κ3) is 2.97. The Bertz CT molecular complexity index is 460. The van der Waals surface area contributed by atoms with Gasteiger partial charge in [-0.3, -0.25) is 4.79 Å². The van der Waals surface area contributed by atoms with E-state index in [1.165, 1.54) is 7.11 Å². The lowest BCUT2D eigenvalue weighted by Crippen LogP contribution is -2.05. The Hall–Kier alpha value is -2.02. The van der Waals surface area contributed by atoms with Gasteiger partial charge < -0.3 is 9.47 Å². The topological polar surface area (TPSA) is 59.3 Å². The first-order chi connectivity index (χ1) is 8.13. The number of ether oxygens (including phenoxy) is 2. The summed E-state index contributed by atoms with van der Waals surface area (Å²) in [6.45, 7) is 1.82. The molecule has 90 valence electrons. The summed E-state index contributed by atoms with van der Waals surface area (Å²) in [5.41, 5.74) is 1.33. The van der Waals surface area contributed by atoms with Crippen molar-refractivity contribution in [3.8, 4) is 17.6 Å². The van der Waals surface area contributed by atoms with Crippen molar-refractivity contribution in [2.45, 2.75) is 19.8 Å². The standard InChI is InChI=1S/C13H15NO3/c1-9-7-10(16-2)8-12(17-3)13(9)11(15)5-4-6-14/h7-8H,4-5H2,1-3H3. The Morgan fingerprint density at radius 1 is 1.35 bits per heavy atom. The van der Waals surface area contributed by atoms with Crippen LogP contribution in [0.15, 0.2) is 12.1 Å². The van der Waals surface area contributed by atoms with Gasteiger partial charge in [-0.2, -0.15) is 5.26 Å². The van der Waals surface area contributed by atoms with Gasteiger partial charge in [-0.05, 0) is 18.6 Å². The lowest BCUT2D eigenvalue weighted by Gasteiger charge is -2.12. The highest BCUT2D eigenvalue weighted by atomic mass is 16.5. The van der Waals surface area contributed by atoms with Gasteiger partial charge in [0.1, 0.15) is 11.5 Å². The Morgan fingerprint density at radius 2 is 2.06 bits per heavy atom. The van der Waals surface area contributed by atoms with E-state index in [4.69, 9.17) is 14.7 Å². The van der Waals surface area contributed by atoms with Crippen LogP contribution in [0.1, 0.15) is 28.8 Å². The summed E-state index contributed by atoms with van der Waals surface area (Å²) in [5.74, 6) is 1.06. The number of hydrogen-bond donors (Lipinski definition) is 0. The van der Waals surface area contributed by atoms with Crippen LogP contribution < -0.4 is 9.47 Å². The number of carbonyl (C=O) groups excluding carboxylic acids is 1.